The van der Waals surface area contributed by atoms with Gasteiger partial charge >= 0.3 is 23.9 Å². The molecule has 0 radical (unpaired) electrons. The van der Waals surface area contributed by atoms with Gasteiger partial charge in [0.2, 0.25) is 0 Å². The van der Waals surface area contributed by atoms with Gasteiger partial charge in [-0.1, -0.05) is 18.7 Å². The SMILES string of the molecule is C=C(C)COC(=O)c1ccccc1N1N=C(C(=O)OC)CC1(C)COC(=O)C1=C(NN=CC(=O)OC)C=C[C+]=C1. The lowest BCUT2D eigenvalue weighted by atomic mass is 9.95. The molecule has 1 aliphatic heterocycles. The van der Waals surface area contributed by atoms with Crippen LogP contribution in [0.2, 0.25) is 0 Å². The predicted molar refractivity (Wildman–Crippen MR) is 145 cm³/mol. The summed E-state index contributed by atoms with van der Waals surface area (Å²) in [4.78, 5) is 49.7. The summed E-state index contributed by atoms with van der Waals surface area (Å²) in [6.45, 7) is 7.00. The summed E-state index contributed by atoms with van der Waals surface area (Å²) < 4.78 is 20.4. The number of methoxy groups -OCH3 is 2. The Balaban J connectivity index is 1.88. The van der Waals surface area contributed by atoms with Crippen molar-refractivity contribution in [2.24, 2.45) is 10.2 Å². The number of esters is 4. The highest BCUT2D eigenvalue weighted by Gasteiger charge is 2.45. The third-order valence-electron chi connectivity index (χ3n) is 5.66. The van der Waals surface area contributed by atoms with E-state index in [1.165, 1.54) is 31.4 Å². The van der Waals surface area contributed by atoms with Crippen LogP contribution in [0.25, 0.3) is 0 Å². The highest BCUT2D eigenvalue weighted by molar-refractivity contribution is 6.37. The molecule has 1 atom stereocenters. The van der Waals surface area contributed by atoms with Crippen molar-refractivity contribution in [2.45, 2.75) is 25.8 Å². The van der Waals surface area contributed by atoms with Gasteiger partial charge in [0, 0.05) is 12.5 Å². The Morgan fingerprint density at radius 3 is 2.60 bits per heavy atom. The molecule has 0 saturated heterocycles. The summed E-state index contributed by atoms with van der Waals surface area (Å²) in [7, 11) is 2.44. The van der Waals surface area contributed by atoms with Crippen molar-refractivity contribution in [3.8, 4) is 0 Å². The average molecular weight is 550 g/mol. The van der Waals surface area contributed by atoms with Crippen molar-refractivity contribution in [1.29, 1.82) is 0 Å². The molecule has 0 spiro atoms. The molecule has 2 aliphatic rings. The normalized spacial score (nSPS) is 17.7. The smallest absolute Gasteiger partial charge is 0.399 e. The van der Waals surface area contributed by atoms with Gasteiger partial charge in [0.25, 0.3) is 0 Å². The number of carbonyl (C=O) groups excluding carboxylic acids is 4. The maximum Gasteiger partial charge on any atom is 0.399 e. The molecule has 1 heterocycles. The van der Waals surface area contributed by atoms with E-state index in [2.05, 4.69) is 33.0 Å². The first-order valence-corrected chi connectivity index (χ1v) is 12.0. The van der Waals surface area contributed by atoms with E-state index in [0.29, 0.717) is 11.3 Å². The zero-order valence-electron chi connectivity index (χ0n) is 22.6. The minimum Gasteiger partial charge on any atom is -0.465 e. The molecular weight excluding hydrogens is 520 g/mol. The number of hydrogen-bond acceptors (Lipinski definition) is 12. The van der Waals surface area contributed by atoms with E-state index in [1.54, 1.807) is 44.2 Å². The summed E-state index contributed by atoms with van der Waals surface area (Å²) >= 11 is 0. The van der Waals surface area contributed by atoms with Crippen molar-refractivity contribution >= 4 is 41.5 Å². The summed E-state index contributed by atoms with van der Waals surface area (Å²) in [5, 5.41) is 9.64. The van der Waals surface area contributed by atoms with Gasteiger partial charge in [0.1, 0.15) is 42.8 Å². The first kappa shape index (κ1) is 29.5. The number of rotatable bonds is 11. The van der Waals surface area contributed by atoms with Crippen molar-refractivity contribution in [3.63, 3.8) is 0 Å². The Morgan fingerprint density at radius 2 is 1.90 bits per heavy atom. The minimum absolute atomic E-state index is 0.0346. The predicted octanol–water partition coefficient (Wildman–Crippen LogP) is 2.39. The van der Waals surface area contributed by atoms with Crippen LogP contribution in [0.1, 0.15) is 30.6 Å². The highest BCUT2D eigenvalue weighted by atomic mass is 16.5. The molecule has 1 unspecified atom stereocenters. The van der Waals surface area contributed by atoms with E-state index < -0.39 is 29.4 Å². The van der Waals surface area contributed by atoms with Crippen LogP contribution in [-0.4, -0.2) is 68.8 Å². The zero-order chi connectivity index (χ0) is 29.3. The van der Waals surface area contributed by atoms with Gasteiger partial charge in [0.05, 0.1) is 31.5 Å². The average Bonchev–Trinajstić information content (AvgIpc) is 3.31. The monoisotopic (exact) mass is 549 g/mol. The molecule has 12 nitrogen and oxygen atoms in total. The molecule has 0 amide bonds. The third kappa shape index (κ3) is 7.06. The van der Waals surface area contributed by atoms with Crippen LogP contribution in [0, 0.1) is 6.08 Å². The van der Waals surface area contributed by atoms with Crippen LogP contribution in [0.15, 0.2) is 76.1 Å². The molecule has 12 heteroatoms. The molecule has 40 heavy (non-hydrogen) atoms. The van der Waals surface area contributed by atoms with E-state index >= 15 is 0 Å². The van der Waals surface area contributed by atoms with E-state index in [9.17, 15) is 19.2 Å². The van der Waals surface area contributed by atoms with E-state index in [4.69, 9.17) is 14.2 Å². The van der Waals surface area contributed by atoms with Crippen molar-refractivity contribution < 1.29 is 38.1 Å². The Labute approximate surface area is 231 Å². The summed E-state index contributed by atoms with van der Waals surface area (Å²) in [6.07, 6.45) is 8.24. The molecule has 0 saturated carbocycles. The second-order valence-electron chi connectivity index (χ2n) is 9.02. The second kappa shape index (κ2) is 13.1. The number of ether oxygens (including phenoxy) is 4. The Morgan fingerprint density at radius 1 is 1.15 bits per heavy atom. The largest absolute Gasteiger partial charge is 0.465 e. The van der Waals surface area contributed by atoms with Crippen LogP contribution >= 0.6 is 0 Å². The van der Waals surface area contributed by atoms with Crippen molar-refractivity contribution in [2.75, 3.05) is 32.4 Å². The lowest BCUT2D eigenvalue weighted by Crippen LogP contribution is -2.45. The minimum atomic E-state index is -1.08. The third-order valence-corrected chi connectivity index (χ3v) is 5.66. The summed E-state index contributed by atoms with van der Waals surface area (Å²) in [6, 6.07) is 6.59. The van der Waals surface area contributed by atoms with E-state index in [0.717, 1.165) is 6.21 Å². The van der Waals surface area contributed by atoms with Gasteiger partial charge in [-0.3, -0.25) is 10.4 Å². The number of nitrogens with one attached hydrogen (secondary N) is 1. The molecule has 208 valence electrons. The Hall–Kier alpha value is -5.09. The highest BCUT2D eigenvalue weighted by Crippen LogP contribution is 2.36. The van der Waals surface area contributed by atoms with Crippen LogP contribution in [0.3, 0.4) is 0 Å². The number of nitrogens with zero attached hydrogens (tertiary/aromatic N) is 3. The fourth-order valence-electron chi connectivity index (χ4n) is 3.70. The molecule has 0 fully saturated rings. The molecule has 0 bridgehead atoms. The molecule has 1 aromatic rings. The summed E-state index contributed by atoms with van der Waals surface area (Å²) in [5.74, 6) is -2.68. The van der Waals surface area contributed by atoms with Crippen LogP contribution < -0.4 is 10.4 Å². The van der Waals surface area contributed by atoms with E-state index in [1.807, 2.05) is 0 Å². The Kier molecular flexibility index (Phi) is 9.66. The quantitative estimate of drug-likeness (QED) is 0.109. The lowest BCUT2D eigenvalue weighted by Gasteiger charge is -2.34. The number of anilines is 1. The number of hydrazone groups is 2. The molecule has 1 N–H and O–H groups in total. The standard InChI is InChI=1S/C28H28N4O8/c1-18(2)16-39-26(35)20-11-7-9-13-23(20)32-28(3,14-22(31-32)27(36)38-5)17-40-25(34)19-10-6-8-12-21(19)30-29-15-24(33)37-4/h7-13,15H,1,14,16-17H2,2-5H3/p+1. The number of hydrogen-bond donors (Lipinski definition) is 1. The molecule has 1 aromatic carbocycles. The van der Waals surface area contributed by atoms with Crippen LogP contribution in [-0.2, 0) is 33.3 Å². The number of carbonyl (C=O) groups is 4. The number of benzene rings is 1. The van der Waals surface area contributed by atoms with Gasteiger partial charge in [-0.2, -0.15) is 10.2 Å². The fraction of sp³-hybridized carbons (Fsp3) is 0.286. The second-order valence-corrected chi connectivity index (χ2v) is 9.02. The van der Waals surface area contributed by atoms with Crippen molar-refractivity contribution in [1.82, 2.24) is 5.43 Å². The van der Waals surface area contributed by atoms with Gasteiger partial charge in [-0.25, -0.2) is 19.2 Å². The van der Waals surface area contributed by atoms with Gasteiger partial charge in [-0.15, -0.1) is 0 Å². The Bertz CT molecular complexity index is 1360. The molecular formula is C28H29N4O8+. The maximum atomic E-state index is 13.1. The zero-order valence-corrected chi connectivity index (χ0v) is 22.6. The molecule has 1 aliphatic carbocycles. The van der Waals surface area contributed by atoms with Gasteiger partial charge in [-0.05, 0) is 31.6 Å². The van der Waals surface area contributed by atoms with E-state index in [-0.39, 0.29) is 42.2 Å². The molecule has 3 rings (SSSR count). The van der Waals surface area contributed by atoms with Crippen LogP contribution in [0.4, 0.5) is 5.69 Å². The summed E-state index contributed by atoms with van der Waals surface area (Å²) in [5.41, 5.74) is 3.16. The topological polar surface area (TPSA) is 145 Å². The van der Waals surface area contributed by atoms with Gasteiger partial charge in [0.15, 0.2) is 11.3 Å². The maximum absolute atomic E-state index is 13.1. The number of para-hydroxylation sites is 1. The lowest BCUT2D eigenvalue weighted by molar-refractivity contribution is -0.140. The fourth-order valence-corrected chi connectivity index (χ4v) is 3.70. The number of allylic oxidation sites excluding steroid dienone is 3. The van der Waals surface area contributed by atoms with Gasteiger partial charge < -0.3 is 18.9 Å². The first-order chi connectivity index (χ1) is 19.1. The first-order valence-electron chi connectivity index (χ1n) is 12.0. The molecule has 0 aromatic heterocycles. The van der Waals surface area contributed by atoms with Crippen LogP contribution in [0.5, 0.6) is 0 Å². The van der Waals surface area contributed by atoms with Crippen molar-refractivity contribution in [3.05, 3.63) is 77.6 Å².